The van der Waals surface area contributed by atoms with Crippen LogP contribution in [0.2, 0.25) is 0 Å². The van der Waals surface area contributed by atoms with Crippen molar-refractivity contribution in [2.45, 2.75) is 32.7 Å². The molecule has 0 saturated carbocycles. The molecule has 6 nitrogen and oxygen atoms in total. The van der Waals surface area contributed by atoms with Gasteiger partial charge in [-0.05, 0) is 12.8 Å². The fourth-order valence-corrected chi connectivity index (χ4v) is 2.26. The summed E-state index contributed by atoms with van der Waals surface area (Å²) in [6, 6.07) is 1.48. The minimum absolute atomic E-state index is 0.181. The predicted octanol–water partition coefficient (Wildman–Crippen LogP) is 0.290. The summed E-state index contributed by atoms with van der Waals surface area (Å²) < 4.78 is 5.26. The molecule has 1 aliphatic heterocycles. The van der Waals surface area contributed by atoms with Crippen molar-refractivity contribution in [1.82, 2.24) is 10.2 Å². The minimum Gasteiger partial charge on any atom is -0.377 e. The first-order valence-electron chi connectivity index (χ1n) is 6.58. The lowest BCUT2D eigenvalue weighted by atomic mass is 9.82. The highest BCUT2D eigenvalue weighted by Gasteiger charge is 2.43. The number of hydrogen-bond acceptors (Lipinski definition) is 4. The Morgan fingerprint density at radius 3 is 2.58 bits per heavy atom. The van der Waals surface area contributed by atoms with Crippen molar-refractivity contribution >= 4 is 11.8 Å². The standard InChI is InChI=1S/C13H21N3O3/c1-4-13(5-2,9-14)12(18)16-6-7-19-8-10(16)11(17)15-3/h10H,4-8H2,1-3H3,(H,15,17). The van der Waals surface area contributed by atoms with Crippen LogP contribution in [0.1, 0.15) is 26.7 Å². The molecule has 0 aromatic carbocycles. The van der Waals surface area contributed by atoms with Crippen LogP contribution in [0.3, 0.4) is 0 Å². The number of nitriles is 1. The summed E-state index contributed by atoms with van der Waals surface area (Å²) in [7, 11) is 1.52. The molecule has 1 atom stereocenters. The lowest BCUT2D eigenvalue weighted by Crippen LogP contribution is -2.58. The molecule has 1 fully saturated rings. The zero-order chi connectivity index (χ0) is 14.5. The molecular weight excluding hydrogens is 246 g/mol. The summed E-state index contributed by atoms with van der Waals surface area (Å²) in [5.41, 5.74) is -1.04. The van der Waals surface area contributed by atoms with Crippen LogP contribution in [-0.4, -0.2) is 49.6 Å². The minimum atomic E-state index is -1.04. The van der Waals surface area contributed by atoms with Gasteiger partial charge in [-0.15, -0.1) is 0 Å². The van der Waals surface area contributed by atoms with E-state index in [0.717, 1.165) is 0 Å². The number of morpholine rings is 1. The van der Waals surface area contributed by atoms with Crippen LogP contribution in [0, 0.1) is 16.7 Å². The molecule has 1 heterocycles. The van der Waals surface area contributed by atoms with Gasteiger partial charge < -0.3 is 15.0 Å². The molecule has 1 N–H and O–H groups in total. The third kappa shape index (κ3) is 2.87. The van der Waals surface area contributed by atoms with Gasteiger partial charge in [0.05, 0.1) is 19.3 Å². The third-order valence-corrected chi connectivity index (χ3v) is 3.77. The number of hydrogen-bond donors (Lipinski definition) is 1. The van der Waals surface area contributed by atoms with E-state index in [4.69, 9.17) is 4.74 Å². The van der Waals surface area contributed by atoms with Gasteiger partial charge in [-0.2, -0.15) is 5.26 Å². The summed E-state index contributed by atoms with van der Waals surface area (Å²) in [6.07, 6.45) is 0.882. The van der Waals surface area contributed by atoms with Crippen LogP contribution in [-0.2, 0) is 14.3 Å². The molecule has 0 radical (unpaired) electrons. The number of carbonyl (C=O) groups is 2. The van der Waals surface area contributed by atoms with E-state index >= 15 is 0 Å². The van der Waals surface area contributed by atoms with Crippen molar-refractivity contribution in [3.63, 3.8) is 0 Å². The fraction of sp³-hybridized carbons (Fsp3) is 0.769. The lowest BCUT2D eigenvalue weighted by molar-refractivity contribution is -0.154. The molecule has 1 aliphatic rings. The molecule has 19 heavy (non-hydrogen) atoms. The molecule has 0 spiro atoms. The Labute approximate surface area is 113 Å². The maximum atomic E-state index is 12.6. The topological polar surface area (TPSA) is 82.4 Å². The van der Waals surface area contributed by atoms with Crippen molar-refractivity contribution in [2.75, 3.05) is 26.8 Å². The number of likely N-dealkylation sites (N-methyl/N-ethyl adjacent to an activating group) is 1. The van der Waals surface area contributed by atoms with Gasteiger partial charge in [-0.1, -0.05) is 13.8 Å². The Morgan fingerprint density at radius 1 is 1.47 bits per heavy atom. The molecule has 0 aliphatic carbocycles. The van der Waals surface area contributed by atoms with Gasteiger partial charge in [0.2, 0.25) is 11.8 Å². The summed E-state index contributed by atoms with van der Waals surface area (Å²) in [5.74, 6) is -0.524. The van der Waals surface area contributed by atoms with Crippen molar-refractivity contribution in [1.29, 1.82) is 5.26 Å². The molecule has 0 bridgehead atoms. The van der Waals surface area contributed by atoms with E-state index in [9.17, 15) is 14.9 Å². The number of nitrogens with one attached hydrogen (secondary N) is 1. The highest BCUT2D eigenvalue weighted by molar-refractivity contribution is 5.91. The molecule has 1 saturated heterocycles. The fourth-order valence-electron chi connectivity index (χ4n) is 2.26. The second-order valence-corrected chi connectivity index (χ2v) is 4.60. The van der Waals surface area contributed by atoms with Gasteiger partial charge in [-0.3, -0.25) is 9.59 Å². The van der Waals surface area contributed by atoms with E-state index in [1.54, 1.807) is 0 Å². The predicted molar refractivity (Wildman–Crippen MR) is 69.0 cm³/mol. The molecular formula is C13H21N3O3. The highest BCUT2D eigenvalue weighted by atomic mass is 16.5. The van der Waals surface area contributed by atoms with E-state index in [1.807, 2.05) is 13.8 Å². The number of nitrogens with zero attached hydrogens (tertiary/aromatic N) is 2. The maximum Gasteiger partial charge on any atom is 0.244 e. The second kappa shape index (κ2) is 6.53. The maximum absolute atomic E-state index is 12.6. The highest BCUT2D eigenvalue weighted by Crippen LogP contribution is 2.29. The van der Waals surface area contributed by atoms with E-state index in [2.05, 4.69) is 11.4 Å². The quantitative estimate of drug-likeness (QED) is 0.793. The van der Waals surface area contributed by atoms with Crippen LogP contribution >= 0.6 is 0 Å². The van der Waals surface area contributed by atoms with Crippen molar-refractivity contribution in [3.8, 4) is 6.07 Å². The van der Waals surface area contributed by atoms with Crippen LogP contribution < -0.4 is 5.32 Å². The average Bonchev–Trinajstić information content (AvgIpc) is 2.48. The molecule has 1 unspecified atom stereocenters. The normalized spacial score (nSPS) is 19.7. The van der Waals surface area contributed by atoms with E-state index in [-0.39, 0.29) is 18.4 Å². The molecule has 106 valence electrons. The van der Waals surface area contributed by atoms with Crippen molar-refractivity contribution in [3.05, 3.63) is 0 Å². The number of rotatable bonds is 4. The van der Waals surface area contributed by atoms with Crippen molar-refractivity contribution < 1.29 is 14.3 Å². The number of carbonyl (C=O) groups excluding carboxylic acids is 2. The zero-order valence-corrected chi connectivity index (χ0v) is 11.7. The Morgan fingerprint density at radius 2 is 2.11 bits per heavy atom. The summed E-state index contributed by atoms with van der Waals surface area (Å²) in [5, 5.41) is 11.9. The molecule has 6 heteroatoms. The van der Waals surface area contributed by atoms with Crippen LogP contribution in [0.4, 0.5) is 0 Å². The van der Waals surface area contributed by atoms with Gasteiger partial charge in [0.1, 0.15) is 11.5 Å². The zero-order valence-electron chi connectivity index (χ0n) is 11.7. The first-order valence-corrected chi connectivity index (χ1v) is 6.58. The molecule has 0 aromatic rings. The smallest absolute Gasteiger partial charge is 0.244 e. The SMILES string of the molecule is CCC(C#N)(CC)C(=O)N1CCOCC1C(=O)NC. The third-order valence-electron chi connectivity index (χ3n) is 3.77. The second-order valence-electron chi connectivity index (χ2n) is 4.60. The summed E-state index contributed by atoms with van der Waals surface area (Å²) >= 11 is 0. The van der Waals surface area contributed by atoms with Crippen LogP contribution in [0.25, 0.3) is 0 Å². The van der Waals surface area contributed by atoms with E-state index in [0.29, 0.717) is 26.0 Å². The van der Waals surface area contributed by atoms with Crippen LogP contribution in [0.5, 0.6) is 0 Å². The Hall–Kier alpha value is -1.61. The van der Waals surface area contributed by atoms with Gasteiger partial charge in [-0.25, -0.2) is 0 Å². The lowest BCUT2D eigenvalue weighted by Gasteiger charge is -2.38. The first kappa shape index (κ1) is 15.4. The summed E-state index contributed by atoms with van der Waals surface area (Å²) in [6.45, 7) is 4.56. The van der Waals surface area contributed by atoms with Gasteiger partial charge in [0.15, 0.2) is 0 Å². The molecule has 1 rings (SSSR count). The van der Waals surface area contributed by atoms with Crippen LogP contribution in [0.15, 0.2) is 0 Å². The Kier molecular flexibility index (Phi) is 5.31. The number of amides is 2. The van der Waals surface area contributed by atoms with E-state index in [1.165, 1.54) is 11.9 Å². The average molecular weight is 267 g/mol. The Bertz CT molecular complexity index is 385. The Balaban J connectivity index is 3.00. The molecule has 2 amide bonds. The first-order chi connectivity index (χ1) is 9.06. The van der Waals surface area contributed by atoms with Gasteiger partial charge >= 0.3 is 0 Å². The van der Waals surface area contributed by atoms with Crippen molar-refractivity contribution in [2.24, 2.45) is 5.41 Å². The largest absolute Gasteiger partial charge is 0.377 e. The number of ether oxygens (including phenoxy) is 1. The van der Waals surface area contributed by atoms with Gasteiger partial charge in [0, 0.05) is 13.6 Å². The monoisotopic (exact) mass is 267 g/mol. The molecule has 0 aromatic heterocycles. The van der Waals surface area contributed by atoms with Gasteiger partial charge in [0.25, 0.3) is 0 Å². The summed E-state index contributed by atoms with van der Waals surface area (Å²) in [4.78, 5) is 25.9. The van der Waals surface area contributed by atoms with E-state index < -0.39 is 11.5 Å².